The summed E-state index contributed by atoms with van der Waals surface area (Å²) in [6.45, 7) is -0.00570. The van der Waals surface area contributed by atoms with E-state index >= 15 is 0 Å². The lowest BCUT2D eigenvalue weighted by Crippen LogP contribution is -2.29. The summed E-state index contributed by atoms with van der Waals surface area (Å²) in [4.78, 5) is 33.8. The van der Waals surface area contributed by atoms with Crippen LogP contribution in [0.3, 0.4) is 0 Å². The molecular formula is C30H20F2N4O2. The number of halogens is 2. The fraction of sp³-hybridized carbons (Fsp3) is 0.0333. The van der Waals surface area contributed by atoms with E-state index in [4.69, 9.17) is 0 Å². The van der Waals surface area contributed by atoms with Gasteiger partial charge in [-0.3, -0.25) is 9.59 Å². The monoisotopic (exact) mass is 506 g/mol. The lowest BCUT2D eigenvalue weighted by Gasteiger charge is -2.12. The topological polar surface area (TPSA) is 79.8 Å². The number of carbonyl (C=O) groups excluding carboxylic acids is 1. The van der Waals surface area contributed by atoms with Crippen LogP contribution in [-0.2, 0) is 6.54 Å². The summed E-state index contributed by atoms with van der Waals surface area (Å²) in [6, 6.07) is 21.9. The predicted octanol–water partition coefficient (Wildman–Crippen LogP) is 6.12. The van der Waals surface area contributed by atoms with Crippen LogP contribution in [0.2, 0.25) is 0 Å². The predicted molar refractivity (Wildman–Crippen MR) is 143 cm³/mol. The Hall–Kier alpha value is -5.11. The van der Waals surface area contributed by atoms with Crippen LogP contribution < -0.4 is 10.9 Å². The van der Waals surface area contributed by atoms with Gasteiger partial charge in [0.25, 0.3) is 11.5 Å². The van der Waals surface area contributed by atoms with Crippen LogP contribution in [0.25, 0.3) is 32.9 Å². The van der Waals surface area contributed by atoms with Gasteiger partial charge in [-0.25, -0.2) is 13.8 Å². The van der Waals surface area contributed by atoms with Crippen LogP contribution in [0.15, 0.2) is 102 Å². The molecule has 0 radical (unpaired) electrons. The molecule has 3 heterocycles. The zero-order chi connectivity index (χ0) is 26.2. The second-order valence-electron chi connectivity index (χ2n) is 8.90. The first kappa shape index (κ1) is 23.3. The highest BCUT2D eigenvalue weighted by atomic mass is 19.2. The number of hydrogen-bond donors (Lipinski definition) is 2. The Balaban J connectivity index is 1.33. The first-order valence-corrected chi connectivity index (χ1v) is 11.9. The van der Waals surface area contributed by atoms with Gasteiger partial charge in [0.05, 0.1) is 6.54 Å². The minimum absolute atomic E-state index is 0.00570. The van der Waals surface area contributed by atoms with E-state index in [9.17, 15) is 18.4 Å². The number of aromatic nitrogens is 3. The number of rotatable bonds is 5. The van der Waals surface area contributed by atoms with E-state index in [1.807, 2.05) is 48.7 Å². The normalized spacial score (nSPS) is 11.2. The molecule has 6 aromatic rings. The molecule has 0 aliphatic heterocycles. The van der Waals surface area contributed by atoms with Gasteiger partial charge >= 0.3 is 0 Å². The summed E-state index contributed by atoms with van der Waals surface area (Å²) < 4.78 is 28.2. The molecule has 0 bridgehead atoms. The largest absolute Gasteiger partial charge is 0.346 e. The number of hydrogen-bond acceptors (Lipinski definition) is 3. The lowest BCUT2D eigenvalue weighted by atomic mass is 10.00. The Labute approximate surface area is 215 Å². The summed E-state index contributed by atoms with van der Waals surface area (Å²) in [5.74, 6) is -2.53. The lowest BCUT2D eigenvalue weighted by molar-refractivity contribution is 0.102. The summed E-state index contributed by atoms with van der Waals surface area (Å²) in [7, 11) is 0. The Morgan fingerprint density at radius 2 is 1.82 bits per heavy atom. The smallest absolute Gasteiger partial charge is 0.263 e. The quantitative estimate of drug-likeness (QED) is 0.296. The van der Waals surface area contributed by atoms with Crippen molar-refractivity contribution < 1.29 is 13.6 Å². The van der Waals surface area contributed by atoms with Gasteiger partial charge in [-0.05, 0) is 65.0 Å². The first-order chi connectivity index (χ1) is 18.5. The first-order valence-electron chi connectivity index (χ1n) is 11.9. The van der Waals surface area contributed by atoms with Gasteiger partial charge in [0, 0.05) is 40.6 Å². The minimum atomic E-state index is -0.997. The van der Waals surface area contributed by atoms with Crippen LogP contribution in [-0.4, -0.2) is 20.4 Å². The van der Waals surface area contributed by atoms with E-state index in [0.717, 1.165) is 45.1 Å². The molecule has 6 nitrogen and oxygen atoms in total. The average Bonchev–Trinajstić information content (AvgIpc) is 3.36. The third kappa shape index (κ3) is 4.22. The van der Waals surface area contributed by atoms with E-state index in [1.54, 1.807) is 18.3 Å². The van der Waals surface area contributed by atoms with E-state index in [-0.39, 0.29) is 12.1 Å². The maximum absolute atomic E-state index is 13.6. The molecule has 186 valence electrons. The fourth-order valence-corrected chi connectivity index (χ4v) is 4.60. The molecule has 0 aliphatic carbocycles. The van der Waals surface area contributed by atoms with Crippen LogP contribution >= 0.6 is 0 Å². The molecule has 6 rings (SSSR count). The van der Waals surface area contributed by atoms with Gasteiger partial charge in [0.1, 0.15) is 11.2 Å². The molecule has 8 heteroatoms. The summed E-state index contributed by atoms with van der Waals surface area (Å²) >= 11 is 0. The van der Waals surface area contributed by atoms with Gasteiger partial charge in [-0.2, -0.15) is 0 Å². The highest BCUT2D eigenvalue weighted by Gasteiger charge is 2.15. The van der Waals surface area contributed by atoms with Gasteiger partial charge in [-0.1, -0.05) is 30.3 Å². The maximum Gasteiger partial charge on any atom is 0.263 e. The number of pyridine rings is 2. The molecule has 0 aliphatic rings. The number of carbonyl (C=O) groups is 1. The summed E-state index contributed by atoms with van der Waals surface area (Å²) in [6.07, 6.45) is 5.13. The number of amides is 1. The Morgan fingerprint density at radius 3 is 2.68 bits per heavy atom. The number of nitrogens with zero attached hydrogens (tertiary/aromatic N) is 2. The SMILES string of the molecule is O=C(Nc1cccc2ccc(-c3c[nH]c4ncccc34)cc12)c1cccn(Cc2ccc(F)c(F)c2)c1=O. The Morgan fingerprint density at radius 1 is 0.921 bits per heavy atom. The maximum atomic E-state index is 13.6. The van der Waals surface area contributed by atoms with Crippen LogP contribution in [0.5, 0.6) is 0 Å². The third-order valence-corrected chi connectivity index (χ3v) is 6.49. The molecule has 3 aromatic carbocycles. The highest BCUT2D eigenvalue weighted by Crippen LogP contribution is 2.32. The number of H-pyrrole nitrogens is 1. The Bertz CT molecular complexity index is 1910. The zero-order valence-electron chi connectivity index (χ0n) is 19.9. The van der Waals surface area contributed by atoms with E-state index in [1.165, 1.54) is 22.9 Å². The van der Waals surface area contributed by atoms with Crippen molar-refractivity contribution in [3.8, 4) is 11.1 Å². The Kier molecular flexibility index (Phi) is 5.76. The molecule has 0 saturated carbocycles. The second-order valence-corrected chi connectivity index (χ2v) is 8.90. The molecular weight excluding hydrogens is 486 g/mol. The van der Waals surface area contributed by atoms with E-state index in [0.29, 0.717) is 11.3 Å². The summed E-state index contributed by atoms with van der Waals surface area (Å²) in [5.41, 5.74) is 3.08. The summed E-state index contributed by atoms with van der Waals surface area (Å²) in [5, 5.41) is 5.60. The molecule has 0 atom stereocenters. The molecule has 0 unspecified atom stereocenters. The molecule has 0 spiro atoms. The zero-order valence-corrected chi connectivity index (χ0v) is 19.9. The van der Waals surface area contributed by atoms with Gasteiger partial charge in [-0.15, -0.1) is 0 Å². The van der Waals surface area contributed by atoms with Crippen molar-refractivity contribution in [2.45, 2.75) is 6.54 Å². The van der Waals surface area contributed by atoms with Gasteiger partial charge in [0.15, 0.2) is 11.6 Å². The van der Waals surface area contributed by atoms with Crippen LogP contribution in [0.4, 0.5) is 14.5 Å². The third-order valence-electron chi connectivity index (χ3n) is 6.49. The second kappa shape index (κ2) is 9.40. The highest BCUT2D eigenvalue weighted by molar-refractivity contribution is 6.10. The standard InChI is InChI=1S/C30H20F2N4O2/c31-25-11-8-18(14-26(25)32)17-36-13-3-6-22(30(36)38)29(37)35-27-7-1-4-19-9-10-20(15-23(19)27)24-16-34-28-21(24)5-2-12-33-28/h1-16H,17H2,(H,33,34)(H,35,37). The van der Waals surface area contributed by atoms with E-state index < -0.39 is 23.1 Å². The van der Waals surface area contributed by atoms with Gasteiger partial charge < -0.3 is 14.9 Å². The van der Waals surface area contributed by atoms with Gasteiger partial charge in [0.2, 0.25) is 0 Å². The average molecular weight is 507 g/mol. The number of benzene rings is 3. The van der Waals surface area contributed by atoms with Crippen molar-refractivity contribution >= 4 is 33.4 Å². The molecule has 2 N–H and O–H groups in total. The number of nitrogens with one attached hydrogen (secondary N) is 2. The fourth-order valence-electron chi connectivity index (χ4n) is 4.60. The van der Waals surface area contributed by atoms with Crippen molar-refractivity contribution in [3.63, 3.8) is 0 Å². The van der Waals surface area contributed by atoms with Crippen molar-refractivity contribution in [1.29, 1.82) is 0 Å². The molecule has 0 fully saturated rings. The number of aromatic amines is 1. The number of fused-ring (bicyclic) bond motifs is 2. The molecule has 3 aromatic heterocycles. The van der Waals surface area contributed by atoms with Crippen molar-refractivity contribution in [2.24, 2.45) is 0 Å². The van der Waals surface area contributed by atoms with Crippen molar-refractivity contribution in [2.75, 3.05) is 5.32 Å². The number of anilines is 1. The molecule has 1 amide bonds. The van der Waals surface area contributed by atoms with E-state index in [2.05, 4.69) is 15.3 Å². The molecule has 38 heavy (non-hydrogen) atoms. The van der Waals surface area contributed by atoms with Crippen molar-refractivity contribution in [1.82, 2.24) is 14.5 Å². The van der Waals surface area contributed by atoms with Crippen LogP contribution in [0, 0.1) is 11.6 Å². The molecule has 0 saturated heterocycles. The van der Waals surface area contributed by atoms with Crippen LogP contribution in [0.1, 0.15) is 15.9 Å². The van der Waals surface area contributed by atoms with Crippen molar-refractivity contribution in [3.05, 3.63) is 131 Å². The minimum Gasteiger partial charge on any atom is -0.346 e.